The molecule has 0 bridgehead atoms. The summed E-state index contributed by atoms with van der Waals surface area (Å²) in [5.41, 5.74) is 1.12. The summed E-state index contributed by atoms with van der Waals surface area (Å²) in [6.45, 7) is 2.28. The van der Waals surface area contributed by atoms with Crippen LogP contribution < -0.4 is 10.3 Å². The highest BCUT2D eigenvalue weighted by Crippen LogP contribution is 2.35. The van der Waals surface area contributed by atoms with Crippen molar-refractivity contribution in [2.24, 2.45) is 0 Å². The number of aromatic amines is 1. The number of halogens is 1. The maximum atomic E-state index is 12.2. The first-order valence-corrected chi connectivity index (χ1v) is 7.82. The Morgan fingerprint density at radius 3 is 2.86 bits per heavy atom. The third-order valence-electron chi connectivity index (χ3n) is 3.21. The van der Waals surface area contributed by atoms with E-state index in [1.165, 1.54) is 0 Å². The Labute approximate surface area is 140 Å². The molecule has 0 saturated carbocycles. The van der Waals surface area contributed by atoms with E-state index in [2.05, 4.69) is 9.97 Å². The highest BCUT2D eigenvalue weighted by molar-refractivity contribution is 14.1. The van der Waals surface area contributed by atoms with Crippen LogP contribution in [-0.2, 0) is 0 Å². The quantitative estimate of drug-likeness (QED) is 0.653. The summed E-state index contributed by atoms with van der Waals surface area (Å²) in [5.74, 6) is 0.914. The summed E-state index contributed by atoms with van der Waals surface area (Å²) in [6, 6.07) is 10.6. The van der Waals surface area contributed by atoms with Crippen molar-refractivity contribution < 1.29 is 9.84 Å². The van der Waals surface area contributed by atoms with Gasteiger partial charge in [-0.3, -0.25) is 4.79 Å². The van der Waals surface area contributed by atoms with E-state index in [0.29, 0.717) is 38.2 Å². The Morgan fingerprint density at radius 2 is 2.09 bits per heavy atom. The van der Waals surface area contributed by atoms with Crippen LogP contribution in [0.2, 0.25) is 0 Å². The number of nitrogens with zero attached hydrogens (tertiary/aromatic N) is 1. The first kappa shape index (κ1) is 14.8. The van der Waals surface area contributed by atoms with Crippen LogP contribution in [0.5, 0.6) is 11.5 Å². The Balaban J connectivity index is 2.21. The largest absolute Gasteiger partial charge is 0.504 e. The number of H-pyrrole nitrogens is 1. The van der Waals surface area contributed by atoms with Gasteiger partial charge in [0.05, 0.1) is 21.1 Å². The molecule has 3 aromatic rings. The van der Waals surface area contributed by atoms with Gasteiger partial charge in [0.2, 0.25) is 0 Å². The smallest absolute Gasteiger partial charge is 0.259 e. The van der Waals surface area contributed by atoms with Crippen molar-refractivity contribution in [3.63, 3.8) is 0 Å². The number of nitrogens with one attached hydrogen (secondary N) is 1. The molecular weight excluding hydrogens is 395 g/mol. The minimum Gasteiger partial charge on any atom is -0.504 e. The molecule has 0 unspecified atom stereocenters. The second-order valence-corrected chi connectivity index (χ2v) is 5.83. The number of rotatable bonds is 3. The number of hydrogen-bond acceptors (Lipinski definition) is 4. The van der Waals surface area contributed by atoms with Gasteiger partial charge >= 0.3 is 0 Å². The van der Waals surface area contributed by atoms with Crippen molar-refractivity contribution in [2.75, 3.05) is 6.61 Å². The fraction of sp³-hybridized carbons (Fsp3) is 0.125. The van der Waals surface area contributed by atoms with Crippen molar-refractivity contribution in [3.8, 4) is 22.9 Å². The van der Waals surface area contributed by atoms with Crippen LogP contribution >= 0.6 is 22.6 Å². The summed E-state index contributed by atoms with van der Waals surface area (Å²) in [7, 11) is 0. The van der Waals surface area contributed by atoms with Gasteiger partial charge in [0.25, 0.3) is 5.56 Å². The monoisotopic (exact) mass is 408 g/mol. The Kier molecular flexibility index (Phi) is 4.02. The summed E-state index contributed by atoms with van der Waals surface area (Å²) in [6.07, 6.45) is 0. The normalized spacial score (nSPS) is 10.8. The molecule has 0 radical (unpaired) electrons. The number of aromatic nitrogens is 2. The maximum absolute atomic E-state index is 12.2. The first-order valence-electron chi connectivity index (χ1n) is 6.75. The lowest BCUT2D eigenvalue weighted by atomic mass is 10.1. The number of para-hydroxylation sites is 1. The lowest BCUT2D eigenvalue weighted by molar-refractivity contribution is 0.317. The number of benzene rings is 2. The number of aromatic hydroxyl groups is 1. The van der Waals surface area contributed by atoms with Crippen LogP contribution in [0, 0.1) is 3.57 Å². The molecule has 0 spiro atoms. The third kappa shape index (κ3) is 2.66. The van der Waals surface area contributed by atoms with E-state index >= 15 is 0 Å². The van der Waals surface area contributed by atoms with Gasteiger partial charge in [0.15, 0.2) is 11.5 Å². The van der Waals surface area contributed by atoms with Gasteiger partial charge in [-0.25, -0.2) is 4.98 Å². The highest BCUT2D eigenvalue weighted by atomic mass is 127. The molecule has 2 N–H and O–H groups in total. The zero-order valence-corrected chi connectivity index (χ0v) is 13.9. The molecular formula is C16H13IN2O3. The second kappa shape index (κ2) is 5.96. The van der Waals surface area contributed by atoms with E-state index in [1.807, 2.05) is 35.6 Å². The number of phenols is 1. The molecule has 0 aliphatic heterocycles. The molecule has 6 heteroatoms. The lowest BCUT2D eigenvalue weighted by Crippen LogP contribution is -2.09. The molecule has 1 aromatic heterocycles. The van der Waals surface area contributed by atoms with Crippen LogP contribution in [0.15, 0.2) is 41.2 Å². The summed E-state index contributed by atoms with van der Waals surface area (Å²) < 4.78 is 6.06. The van der Waals surface area contributed by atoms with Crippen molar-refractivity contribution in [1.29, 1.82) is 0 Å². The predicted octanol–water partition coefficient (Wildman–Crippen LogP) is 3.30. The predicted molar refractivity (Wildman–Crippen MR) is 93.4 cm³/mol. The van der Waals surface area contributed by atoms with Crippen LogP contribution in [0.25, 0.3) is 22.3 Å². The maximum Gasteiger partial charge on any atom is 0.259 e. The molecule has 2 aromatic carbocycles. The zero-order valence-electron chi connectivity index (χ0n) is 11.8. The molecule has 0 aliphatic rings. The number of phenolic OH excluding ortho intramolecular Hbond substituents is 1. The van der Waals surface area contributed by atoms with E-state index < -0.39 is 0 Å². The zero-order chi connectivity index (χ0) is 15.7. The fourth-order valence-corrected chi connectivity index (χ4v) is 2.80. The lowest BCUT2D eigenvalue weighted by Gasteiger charge is -2.10. The Morgan fingerprint density at radius 1 is 1.32 bits per heavy atom. The molecule has 112 valence electrons. The SMILES string of the molecule is CCOc1cc(-c2nc3ccccc3c(=O)[nH]2)cc(I)c1O. The molecule has 0 atom stereocenters. The fourth-order valence-electron chi connectivity index (χ4n) is 2.20. The molecule has 0 aliphatic carbocycles. The molecule has 3 rings (SSSR count). The molecule has 1 heterocycles. The van der Waals surface area contributed by atoms with Crippen LogP contribution in [0.4, 0.5) is 0 Å². The van der Waals surface area contributed by atoms with Crippen molar-refractivity contribution in [3.05, 3.63) is 50.3 Å². The highest BCUT2D eigenvalue weighted by Gasteiger charge is 2.13. The van der Waals surface area contributed by atoms with Gasteiger partial charge in [-0.2, -0.15) is 0 Å². The van der Waals surface area contributed by atoms with Gasteiger partial charge in [-0.1, -0.05) is 12.1 Å². The average Bonchev–Trinajstić information content (AvgIpc) is 2.52. The second-order valence-electron chi connectivity index (χ2n) is 4.67. The topological polar surface area (TPSA) is 75.2 Å². The van der Waals surface area contributed by atoms with E-state index in [1.54, 1.807) is 30.3 Å². The number of fused-ring (bicyclic) bond motifs is 1. The van der Waals surface area contributed by atoms with Crippen LogP contribution in [0.3, 0.4) is 0 Å². The van der Waals surface area contributed by atoms with Gasteiger partial charge in [0.1, 0.15) is 5.82 Å². The van der Waals surface area contributed by atoms with Gasteiger partial charge in [-0.05, 0) is 53.8 Å². The van der Waals surface area contributed by atoms with Crippen molar-refractivity contribution >= 4 is 33.5 Å². The first-order chi connectivity index (χ1) is 10.6. The number of hydrogen-bond donors (Lipinski definition) is 2. The van der Waals surface area contributed by atoms with Crippen molar-refractivity contribution in [1.82, 2.24) is 9.97 Å². The van der Waals surface area contributed by atoms with Crippen LogP contribution in [0.1, 0.15) is 6.92 Å². The summed E-state index contributed by atoms with van der Waals surface area (Å²) in [5, 5.41) is 10.5. The molecule has 0 saturated heterocycles. The number of ether oxygens (including phenoxy) is 1. The Hall–Kier alpha value is -2.09. The van der Waals surface area contributed by atoms with Gasteiger partial charge in [0, 0.05) is 5.56 Å². The molecule has 0 amide bonds. The van der Waals surface area contributed by atoms with E-state index in [-0.39, 0.29) is 11.3 Å². The average molecular weight is 408 g/mol. The summed E-state index contributed by atoms with van der Waals surface area (Å²) in [4.78, 5) is 19.4. The van der Waals surface area contributed by atoms with Crippen LogP contribution in [-0.4, -0.2) is 21.7 Å². The van der Waals surface area contributed by atoms with E-state index in [4.69, 9.17) is 4.74 Å². The van der Waals surface area contributed by atoms with E-state index in [9.17, 15) is 9.90 Å². The van der Waals surface area contributed by atoms with Gasteiger partial charge < -0.3 is 14.8 Å². The van der Waals surface area contributed by atoms with Crippen molar-refractivity contribution in [2.45, 2.75) is 6.92 Å². The Bertz CT molecular complexity index is 906. The minimum absolute atomic E-state index is 0.0920. The molecule has 22 heavy (non-hydrogen) atoms. The van der Waals surface area contributed by atoms with Gasteiger partial charge in [-0.15, -0.1) is 0 Å². The minimum atomic E-state index is -0.193. The molecule has 5 nitrogen and oxygen atoms in total. The summed E-state index contributed by atoms with van der Waals surface area (Å²) >= 11 is 2.02. The third-order valence-corrected chi connectivity index (χ3v) is 4.04. The molecule has 0 fully saturated rings. The van der Waals surface area contributed by atoms with E-state index in [0.717, 1.165) is 0 Å². The standard InChI is InChI=1S/C16H13IN2O3/c1-2-22-13-8-9(7-11(17)14(13)20)15-18-12-6-4-3-5-10(12)16(21)19-15/h3-8,20H,2H2,1H3,(H,18,19,21).